The molecule has 0 bridgehead atoms. The van der Waals surface area contributed by atoms with Crippen molar-refractivity contribution in [2.75, 3.05) is 11.4 Å². The molecule has 0 spiro atoms. The van der Waals surface area contributed by atoms with Gasteiger partial charge in [-0.2, -0.15) is 0 Å². The normalized spacial score (nSPS) is 15.6. The zero-order chi connectivity index (χ0) is 23.5. The van der Waals surface area contributed by atoms with Gasteiger partial charge in [0.25, 0.3) is 10.0 Å². The number of sulfonamides is 1. The van der Waals surface area contributed by atoms with Gasteiger partial charge in [0.05, 0.1) is 10.9 Å². The van der Waals surface area contributed by atoms with E-state index in [2.05, 4.69) is 23.7 Å². The van der Waals surface area contributed by atoms with E-state index in [1.807, 2.05) is 4.72 Å². The van der Waals surface area contributed by atoms with E-state index in [1.54, 1.807) is 37.3 Å². The Kier molecular flexibility index (Phi) is 4.72. The summed E-state index contributed by atoms with van der Waals surface area (Å²) in [5, 5.41) is 0.741. The molecule has 1 fully saturated rings. The molecule has 5 rings (SSSR count). The lowest BCUT2D eigenvalue weighted by atomic mass is 9.88. The first kappa shape index (κ1) is 21.4. The number of rotatable bonds is 4. The Hall–Kier alpha value is -3.46. The van der Waals surface area contributed by atoms with E-state index < -0.39 is 21.7 Å². The van der Waals surface area contributed by atoms with E-state index in [9.17, 15) is 17.6 Å². The number of fused-ring (bicyclic) bond motifs is 2. The molecule has 2 aromatic carbocycles. The number of aromatic nitrogens is 1. The molecule has 3 heterocycles. The lowest BCUT2D eigenvalue weighted by Gasteiger charge is -2.50. The van der Waals surface area contributed by atoms with Gasteiger partial charge in [-0.15, -0.1) is 0 Å². The molecule has 0 radical (unpaired) electrons. The van der Waals surface area contributed by atoms with Gasteiger partial charge in [0.15, 0.2) is 5.76 Å². The standard InChI is InChI=1S/C24H22FN3O4S/c1-14-7-8-15-5-4-6-21(22(15)26-14)33(30,31)27-23(29)20-13-17-18(25)11-16(12-19(17)32-20)28-10-9-24(28,2)3/h4-8,11-13H,9-10H2,1-3H3,(H,27,29). The number of para-hydroxylation sites is 1. The molecule has 0 atom stereocenters. The van der Waals surface area contributed by atoms with Crippen molar-refractivity contribution in [1.82, 2.24) is 9.71 Å². The van der Waals surface area contributed by atoms with Crippen molar-refractivity contribution in [3.05, 3.63) is 65.8 Å². The Balaban J connectivity index is 1.48. The van der Waals surface area contributed by atoms with E-state index in [1.165, 1.54) is 18.2 Å². The van der Waals surface area contributed by atoms with Crippen LogP contribution < -0.4 is 9.62 Å². The molecule has 7 nitrogen and oxygen atoms in total. The van der Waals surface area contributed by atoms with Crippen LogP contribution in [0.2, 0.25) is 0 Å². The number of halogens is 1. The van der Waals surface area contributed by atoms with E-state index >= 15 is 0 Å². The summed E-state index contributed by atoms with van der Waals surface area (Å²) < 4.78 is 48.3. The molecule has 9 heteroatoms. The number of nitrogens with one attached hydrogen (secondary N) is 1. The summed E-state index contributed by atoms with van der Waals surface area (Å²) in [6.45, 7) is 6.67. The molecule has 2 aromatic heterocycles. The molecule has 33 heavy (non-hydrogen) atoms. The van der Waals surface area contributed by atoms with E-state index in [-0.39, 0.29) is 32.7 Å². The molecule has 0 aliphatic carbocycles. The fourth-order valence-electron chi connectivity index (χ4n) is 4.16. The summed E-state index contributed by atoms with van der Waals surface area (Å²) in [5.41, 5.74) is 1.65. The van der Waals surface area contributed by atoms with Crippen LogP contribution in [0.5, 0.6) is 0 Å². The number of amides is 1. The van der Waals surface area contributed by atoms with Crippen molar-refractivity contribution in [1.29, 1.82) is 0 Å². The number of benzene rings is 2. The Morgan fingerprint density at radius 2 is 1.97 bits per heavy atom. The third kappa shape index (κ3) is 3.62. The number of nitrogens with zero attached hydrogens (tertiary/aromatic N) is 2. The van der Waals surface area contributed by atoms with Crippen LogP contribution in [0.3, 0.4) is 0 Å². The highest BCUT2D eigenvalue weighted by Gasteiger charge is 2.36. The molecule has 170 valence electrons. The molecule has 1 aliphatic heterocycles. The first-order valence-electron chi connectivity index (χ1n) is 10.5. The van der Waals surface area contributed by atoms with Crippen molar-refractivity contribution in [2.45, 2.75) is 37.6 Å². The summed E-state index contributed by atoms with van der Waals surface area (Å²) in [6.07, 6.45) is 0.985. The highest BCUT2D eigenvalue weighted by molar-refractivity contribution is 7.90. The number of hydrogen-bond acceptors (Lipinski definition) is 6. The van der Waals surface area contributed by atoms with Gasteiger partial charge >= 0.3 is 5.91 Å². The second-order valence-corrected chi connectivity index (χ2v) is 10.5. The maximum absolute atomic E-state index is 14.8. The number of anilines is 1. The Bertz CT molecular complexity index is 1540. The van der Waals surface area contributed by atoms with E-state index in [0.29, 0.717) is 16.8 Å². The predicted octanol–water partition coefficient (Wildman–Crippen LogP) is 4.54. The maximum Gasteiger partial charge on any atom is 0.300 e. The SMILES string of the molecule is Cc1ccc2cccc(S(=O)(=O)NC(=O)c3cc4c(F)cc(N5CCC5(C)C)cc4o3)c2n1. The van der Waals surface area contributed by atoms with Gasteiger partial charge in [0.1, 0.15) is 16.3 Å². The molecule has 1 aliphatic rings. The first-order valence-corrected chi connectivity index (χ1v) is 12.0. The lowest BCUT2D eigenvalue weighted by molar-refractivity contribution is 0.0956. The molecule has 4 aromatic rings. The van der Waals surface area contributed by atoms with Gasteiger partial charge in [-0.3, -0.25) is 9.78 Å². The molecule has 1 amide bonds. The van der Waals surface area contributed by atoms with Crippen LogP contribution in [-0.2, 0) is 10.0 Å². The van der Waals surface area contributed by atoms with Gasteiger partial charge in [-0.05, 0) is 45.4 Å². The molecule has 0 unspecified atom stereocenters. The van der Waals surface area contributed by atoms with Gasteiger partial charge in [0.2, 0.25) is 0 Å². The lowest BCUT2D eigenvalue weighted by Crippen LogP contribution is -2.56. The number of carbonyl (C=O) groups excluding carboxylic acids is 1. The highest BCUT2D eigenvalue weighted by Crippen LogP contribution is 2.38. The van der Waals surface area contributed by atoms with Crippen LogP contribution >= 0.6 is 0 Å². The summed E-state index contributed by atoms with van der Waals surface area (Å²) in [4.78, 5) is 19.0. The predicted molar refractivity (Wildman–Crippen MR) is 123 cm³/mol. The number of aryl methyl sites for hydroxylation is 1. The highest BCUT2D eigenvalue weighted by atomic mass is 32.2. The number of hydrogen-bond donors (Lipinski definition) is 1. The van der Waals surface area contributed by atoms with Gasteiger partial charge in [0, 0.05) is 41.0 Å². The second-order valence-electron chi connectivity index (χ2n) is 8.88. The number of furan rings is 1. The van der Waals surface area contributed by atoms with Crippen LogP contribution in [0, 0.1) is 12.7 Å². The van der Waals surface area contributed by atoms with Crippen LogP contribution in [0.15, 0.2) is 57.8 Å². The summed E-state index contributed by atoms with van der Waals surface area (Å²) in [5.74, 6) is -1.82. The molecular weight excluding hydrogens is 445 g/mol. The molecular formula is C24H22FN3O4S. The average molecular weight is 468 g/mol. The summed E-state index contributed by atoms with van der Waals surface area (Å²) in [6, 6.07) is 12.5. The summed E-state index contributed by atoms with van der Waals surface area (Å²) >= 11 is 0. The van der Waals surface area contributed by atoms with E-state index in [4.69, 9.17) is 4.42 Å². The molecule has 1 saturated heterocycles. The largest absolute Gasteiger partial charge is 0.451 e. The topological polar surface area (TPSA) is 92.5 Å². The van der Waals surface area contributed by atoms with Crippen LogP contribution in [0.4, 0.5) is 10.1 Å². The third-order valence-electron chi connectivity index (χ3n) is 6.12. The third-order valence-corrected chi connectivity index (χ3v) is 7.49. The van der Waals surface area contributed by atoms with Gasteiger partial charge in [-0.25, -0.2) is 17.5 Å². The van der Waals surface area contributed by atoms with E-state index in [0.717, 1.165) is 13.0 Å². The Morgan fingerprint density at radius 1 is 1.18 bits per heavy atom. The average Bonchev–Trinajstić information content (AvgIpc) is 3.17. The fourth-order valence-corrected chi connectivity index (χ4v) is 5.29. The maximum atomic E-state index is 14.8. The monoisotopic (exact) mass is 467 g/mol. The molecule has 0 saturated carbocycles. The van der Waals surface area contributed by atoms with Crippen molar-refractivity contribution < 1.29 is 22.0 Å². The van der Waals surface area contributed by atoms with Crippen molar-refractivity contribution in [2.24, 2.45) is 0 Å². The van der Waals surface area contributed by atoms with Crippen molar-refractivity contribution in [3.8, 4) is 0 Å². The smallest absolute Gasteiger partial charge is 0.300 e. The summed E-state index contributed by atoms with van der Waals surface area (Å²) in [7, 11) is -4.25. The van der Waals surface area contributed by atoms with Crippen molar-refractivity contribution in [3.63, 3.8) is 0 Å². The van der Waals surface area contributed by atoms with Gasteiger partial charge in [-0.1, -0.05) is 18.2 Å². The minimum atomic E-state index is -4.25. The van der Waals surface area contributed by atoms with Crippen LogP contribution in [0.1, 0.15) is 36.5 Å². The minimum absolute atomic E-state index is 0.0914. The zero-order valence-electron chi connectivity index (χ0n) is 18.3. The van der Waals surface area contributed by atoms with Crippen LogP contribution in [-0.4, -0.2) is 31.4 Å². The Labute approximate surface area is 190 Å². The quantitative estimate of drug-likeness (QED) is 0.474. The Morgan fingerprint density at radius 3 is 2.67 bits per heavy atom. The number of pyridine rings is 1. The van der Waals surface area contributed by atoms with Crippen molar-refractivity contribution >= 4 is 43.5 Å². The fraction of sp³-hybridized carbons (Fsp3) is 0.250. The minimum Gasteiger partial charge on any atom is -0.451 e. The van der Waals surface area contributed by atoms with Crippen LogP contribution in [0.25, 0.3) is 21.9 Å². The second kappa shape index (κ2) is 7.28. The van der Waals surface area contributed by atoms with Gasteiger partial charge < -0.3 is 9.32 Å². The first-order chi connectivity index (χ1) is 15.5. The number of carbonyl (C=O) groups is 1. The zero-order valence-corrected chi connectivity index (χ0v) is 19.2. The molecule has 1 N–H and O–H groups in total.